The zero-order chi connectivity index (χ0) is 13.0. The summed E-state index contributed by atoms with van der Waals surface area (Å²) >= 11 is 9.49. The molecule has 1 saturated heterocycles. The van der Waals surface area contributed by atoms with E-state index in [1.807, 2.05) is 12.1 Å². The minimum absolute atomic E-state index is 0.784. The van der Waals surface area contributed by atoms with Crippen molar-refractivity contribution in [3.8, 4) is 0 Å². The second-order valence-corrected chi connectivity index (χ2v) is 6.41. The van der Waals surface area contributed by atoms with Crippen LogP contribution in [-0.2, 0) is 6.54 Å². The third-order valence-electron chi connectivity index (χ3n) is 3.47. The first-order valence-electron chi connectivity index (χ1n) is 6.48. The highest BCUT2D eigenvalue weighted by atomic mass is 79.9. The molecule has 1 aliphatic rings. The van der Waals surface area contributed by atoms with Crippen LogP contribution in [0.4, 0.5) is 0 Å². The molecule has 1 atom stereocenters. The van der Waals surface area contributed by atoms with Gasteiger partial charge in [0, 0.05) is 17.6 Å². The summed E-state index contributed by atoms with van der Waals surface area (Å²) in [5, 5.41) is 4.32. The molecule has 0 amide bonds. The molecule has 0 aromatic heterocycles. The molecule has 1 aromatic carbocycles. The third kappa shape index (κ3) is 4.23. The molecule has 1 heterocycles. The summed E-state index contributed by atoms with van der Waals surface area (Å²) in [4.78, 5) is 2.42. The van der Waals surface area contributed by atoms with Crippen LogP contribution in [0.2, 0.25) is 5.02 Å². The molecule has 0 bridgehead atoms. The van der Waals surface area contributed by atoms with Gasteiger partial charge in [-0.05, 0) is 72.5 Å². The fourth-order valence-corrected chi connectivity index (χ4v) is 2.96. The molecular formula is C14H20BrClN2. The van der Waals surface area contributed by atoms with Crippen molar-refractivity contribution < 1.29 is 0 Å². The van der Waals surface area contributed by atoms with E-state index in [1.165, 1.54) is 31.5 Å². The molecule has 0 radical (unpaired) electrons. The predicted molar refractivity (Wildman–Crippen MR) is 81.1 cm³/mol. The number of rotatable bonds is 4. The van der Waals surface area contributed by atoms with Crippen LogP contribution in [0.3, 0.4) is 0 Å². The van der Waals surface area contributed by atoms with Crippen LogP contribution >= 0.6 is 27.5 Å². The molecule has 1 unspecified atom stereocenters. The van der Waals surface area contributed by atoms with Gasteiger partial charge < -0.3 is 10.2 Å². The zero-order valence-electron chi connectivity index (χ0n) is 10.8. The molecular weight excluding hydrogens is 312 g/mol. The molecule has 1 aromatic rings. The number of nitrogens with one attached hydrogen (secondary N) is 1. The van der Waals surface area contributed by atoms with E-state index in [2.05, 4.69) is 39.3 Å². The van der Waals surface area contributed by atoms with Crippen molar-refractivity contribution >= 4 is 27.5 Å². The molecule has 0 saturated carbocycles. The van der Waals surface area contributed by atoms with Gasteiger partial charge in [0.2, 0.25) is 0 Å². The van der Waals surface area contributed by atoms with E-state index in [-0.39, 0.29) is 0 Å². The summed E-state index contributed by atoms with van der Waals surface area (Å²) in [6.07, 6.45) is 2.67. The Morgan fingerprint density at radius 3 is 3.06 bits per heavy atom. The van der Waals surface area contributed by atoms with Crippen LogP contribution in [0.5, 0.6) is 0 Å². The van der Waals surface area contributed by atoms with E-state index in [1.54, 1.807) is 0 Å². The lowest BCUT2D eigenvalue weighted by molar-refractivity contribution is 0.206. The fraction of sp³-hybridized carbons (Fsp3) is 0.571. The lowest BCUT2D eigenvalue weighted by Crippen LogP contribution is -2.37. The average molecular weight is 332 g/mol. The van der Waals surface area contributed by atoms with Gasteiger partial charge in [0.25, 0.3) is 0 Å². The highest BCUT2D eigenvalue weighted by molar-refractivity contribution is 9.10. The van der Waals surface area contributed by atoms with Gasteiger partial charge in [0.15, 0.2) is 0 Å². The second kappa shape index (κ2) is 6.90. The van der Waals surface area contributed by atoms with Crippen molar-refractivity contribution in [1.82, 2.24) is 10.2 Å². The lowest BCUT2D eigenvalue weighted by Gasteiger charge is -2.29. The number of likely N-dealkylation sites (tertiary alicyclic amines) is 1. The van der Waals surface area contributed by atoms with E-state index in [0.717, 1.165) is 28.5 Å². The molecule has 100 valence electrons. The van der Waals surface area contributed by atoms with Crippen molar-refractivity contribution in [2.75, 3.05) is 26.7 Å². The van der Waals surface area contributed by atoms with E-state index < -0.39 is 0 Å². The van der Waals surface area contributed by atoms with E-state index >= 15 is 0 Å². The Bertz CT molecular complexity index is 397. The summed E-state index contributed by atoms with van der Waals surface area (Å²) in [7, 11) is 2.21. The summed E-state index contributed by atoms with van der Waals surface area (Å²) in [5.41, 5.74) is 1.24. The van der Waals surface area contributed by atoms with Crippen LogP contribution in [0.15, 0.2) is 22.7 Å². The molecule has 0 aliphatic carbocycles. The van der Waals surface area contributed by atoms with Crippen LogP contribution in [0, 0.1) is 5.92 Å². The van der Waals surface area contributed by atoms with Gasteiger partial charge in [-0.15, -0.1) is 0 Å². The third-order valence-corrected chi connectivity index (χ3v) is 4.70. The highest BCUT2D eigenvalue weighted by Crippen LogP contribution is 2.23. The van der Waals surface area contributed by atoms with Crippen molar-refractivity contribution in [3.63, 3.8) is 0 Å². The molecule has 2 rings (SSSR count). The molecule has 1 N–H and O–H groups in total. The maximum absolute atomic E-state index is 6.08. The number of hydrogen-bond acceptors (Lipinski definition) is 2. The van der Waals surface area contributed by atoms with Gasteiger partial charge in [-0.1, -0.05) is 17.7 Å². The van der Waals surface area contributed by atoms with Gasteiger partial charge in [0.05, 0.1) is 5.02 Å². The first-order valence-corrected chi connectivity index (χ1v) is 7.65. The van der Waals surface area contributed by atoms with E-state index in [0.29, 0.717) is 0 Å². The quantitative estimate of drug-likeness (QED) is 0.908. The van der Waals surface area contributed by atoms with Crippen molar-refractivity contribution in [2.45, 2.75) is 19.4 Å². The normalized spacial score (nSPS) is 21.2. The number of hydrogen-bond donors (Lipinski definition) is 1. The summed E-state index contributed by atoms with van der Waals surface area (Å²) in [6, 6.07) is 6.13. The van der Waals surface area contributed by atoms with Crippen molar-refractivity contribution in [3.05, 3.63) is 33.3 Å². The Morgan fingerprint density at radius 1 is 1.50 bits per heavy atom. The van der Waals surface area contributed by atoms with Gasteiger partial charge in [-0.3, -0.25) is 0 Å². The fourth-order valence-electron chi connectivity index (χ4n) is 2.51. The molecule has 1 aliphatic heterocycles. The Labute approximate surface area is 123 Å². The summed E-state index contributed by atoms with van der Waals surface area (Å²) in [6.45, 7) is 4.46. The van der Waals surface area contributed by atoms with E-state index in [4.69, 9.17) is 11.6 Å². The van der Waals surface area contributed by atoms with Crippen LogP contribution in [0.1, 0.15) is 18.4 Å². The van der Waals surface area contributed by atoms with Gasteiger partial charge in [-0.25, -0.2) is 0 Å². The minimum atomic E-state index is 0.784. The van der Waals surface area contributed by atoms with E-state index in [9.17, 15) is 0 Å². The first-order chi connectivity index (χ1) is 8.65. The smallest absolute Gasteiger partial charge is 0.0551 e. The predicted octanol–water partition coefficient (Wildman–Crippen LogP) is 3.53. The van der Waals surface area contributed by atoms with Crippen LogP contribution in [0.25, 0.3) is 0 Å². The Morgan fingerprint density at radius 2 is 2.33 bits per heavy atom. The number of halogens is 2. The molecule has 0 spiro atoms. The lowest BCUT2D eigenvalue weighted by atomic mass is 9.98. The Hall–Kier alpha value is -0.0900. The number of nitrogens with zero attached hydrogens (tertiary/aromatic N) is 1. The topological polar surface area (TPSA) is 15.3 Å². The van der Waals surface area contributed by atoms with Crippen molar-refractivity contribution in [1.29, 1.82) is 0 Å². The second-order valence-electron chi connectivity index (χ2n) is 5.15. The monoisotopic (exact) mass is 330 g/mol. The molecule has 1 fully saturated rings. The van der Waals surface area contributed by atoms with Crippen molar-refractivity contribution in [2.24, 2.45) is 5.92 Å². The minimum Gasteiger partial charge on any atom is -0.312 e. The molecule has 18 heavy (non-hydrogen) atoms. The van der Waals surface area contributed by atoms with Gasteiger partial charge in [0.1, 0.15) is 0 Å². The van der Waals surface area contributed by atoms with Gasteiger partial charge >= 0.3 is 0 Å². The summed E-state index contributed by atoms with van der Waals surface area (Å²) < 4.78 is 0.960. The summed E-state index contributed by atoms with van der Waals surface area (Å²) in [5.74, 6) is 0.787. The van der Waals surface area contributed by atoms with Crippen LogP contribution < -0.4 is 5.32 Å². The standard InChI is InChI=1S/C14H20BrClN2/c1-18-6-2-3-12(10-18)9-17-8-11-4-5-13(15)14(16)7-11/h4-5,7,12,17H,2-3,6,8-10H2,1H3. The molecule has 4 heteroatoms. The first kappa shape index (κ1) is 14.3. The number of benzene rings is 1. The molecule has 2 nitrogen and oxygen atoms in total. The Kier molecular flexibility index (Phi) is 5.49. The zero-order valence-corrected chi connectivity index (χ0v) is 13.1. The number of piperidine rings is 1. The average Bonchev–Trinajstić information content (AvgIpc) is 2.34. The maximum atomic E-state index is 6.08. The van der Waals surface area contributed by atoms with Crippen LogP contribution in [-0.4, -0.2) is 31.6 Å². The SMILES string of the molecule is CN1CCCC(CNCc2ccc(Br)c(Cl)c2)C1. The van der Waals surface area contributed by atoms with Gasteiger partial charge in [-0.2, -0.15) is 0 Å². The Balaban J connectivity index is 1.76. The largest absolute Gasteiger partial charge is 0.312 e. The maximum Gasteiger partial charge on any atom is 0.0551 e. The highest BCUT2D eigenvalue weighted by Gasteiger charge is 2.16.